The van der Waals surface area contributed by atoms with E-state index < -0.39 is 34.0 Å². The van der Waals surface area contributed by atoms with E-state index in [9.17, 15) is 19.1 Å². The maximum absolute atomic E-state index is 14.0. The zero-order valence-corrected chi connectivity index (χ0v) is 25.0. The Bertz CT molecular complexity index is 1070. The average molecular weight is 548 g/mol. The van der Waals surface area contributed by atoms with Crippen molar-refractivity contribution in [1.29, 1.82) is 0 Å². The highest BCUT2D eigenvalue weighted by molar-refractivity contribution is 8.13. The molecule has 38 heavy (non-hydrogen) atoms. The van der Waals surface area contributed by atoms with E-state index in [1.807, 2.05) is 11.1 Å². The van der Waals surface area contributed by atoms with Crippen molar-refractivity contribution < 1.29 is 23.9 Å². The zero-order chi connectivity index (χ0) is 27.9. The van der Waals surface area contributed by atoms with Crippen LogP contribution in [0.4, 0.5) is 4.39 Å². The van der Waals surface area contributed by atoms with Crippen LogP contribution in [-0.2, 0) is 14.4 Å². The van der Waals surface area contributed by atoms with Crippen molar-refractivity contribution in [2.75, 3.05) is 19.1 Å². The quantitative estimate of drug-likeness (QED) is 0.432. The van der Waals surface area contributed by atoms with Crippen LogP contribution < -0.4 is 0 Å². The number of hydrogen-bond acceptors (Lipinski definition) is 6. The molecule has 1 aliphatic heterocycles. The van der Waals surface area contributed by atoms with Crippen LogP contribution in [0.2, 0.25) is 0 Å². The number of ketones is 1. The van der Waals surface area contributed by atoms with Gasteiger partial charge in [-0.05, 0) is 54.6 Å². The summed E-state index contributed by atoms with van der Waals surface area (Å²) in [5.74, 6) is 0.705. The second-order valence-corrected chi connectivity index (χ2v) is 14.7. The van der Waals surface area contributed by atoms with Crippen LogP contribution in [0.5, 0.6) is 0 Å². The predicted molar refractivity (Wildman–Crippen MR) is 149 cm³/mol. The predicted octanol–water partition coefficient (Wildman–Crippen LogP) is 6.13. The molecule has 0 aromatic carbocycles. The minimum Gasteiger partial charge on any atom is -0.392 e. The van der Waals surface area contributed by atoms with Gasteiger partial charge in [0.05, 0.1) is 6.10 Å². The normalized spacial score (nSPS) is 47.9. The summed E-state index contributed by atoms with van der Waals surface area (Å²) in [5.41, 5.74) is -2.00. The van der Waals surface area contributed by atoms with E-state index in [-0.39, 0.29) is 34.1 Å². The summed E-state index contributed by atoms with van der Waals surface area (Å²) in [5, 5.41) is 13.9. The largest absolute Gasteiger partial charge is 0.392 e. The van der Waals surface area contributed by atoms with Crippen molar-refractivity contribution >= 4 is 22.7 Å². The van der Waals surface area contributed by atoms with E-state index in [4.69, 9.17) is 4.84 Å². The molecule has 1 saturated heterocycles. The molecular weight excluding hydrogens is 501 g/mol. The van der Waals surface area contributed by atoms with Gasteiger partial charge in [0.2, 0.25) is 5.12 Å². The monoisotopic (exact) mass is 547 g/mol. The lowest BCUT2D eigenvalue weighted by atomic mass is 9.35. The molecule has 1 heterocycles. The number of aliphatic hydroxyl groups excluding tert-OH is 1. The van der Waals surface area contributed by atoms with Crippen LogP contribution in [0.1, 0.15) is 80.6 Å². The number of thioether (sulfide) groups is 1. The van der Waals surface area contributed by atoms with Crippen LogP contribution in [0.15, 0.2) is 23.8 Å². The molecule has 0 bridgehead atoms. The molecule has 1 N–H and O–H groups in total. The number of rotatable bonds is 6. The van der Waals surface area contributed by atoms with Gasteiger partial charge in [-0.2, -0.15) is 5.06 Å². The second-order valence-electron chi connectivity index (χ2n) is 13.8. The van der Waals surface area contributed by atoms with E-state index in [0.29, 0.717) is 18.9 Å². The Morgan fingerprint density at radius 3 is 2.55 bits per heavy atom. The molecule has 0 unspecified atom stereocenters. The fourth-order valence-electron chi connectivity index (χ4n) is 10.1. The molecule has 5 aliphatic rings. The summed E-state index contributed by atoms with van der Waals surface area (Å²) in [7, 11) is 0. The van der Waals surface area contributed by atoms with Crippen LogP contribution in [0, 0.1) is 45.3 Å². The molecule has 0 spiro atoms. The Labute approximate surface area is 232 Å². The number of halogens is 1. The summed E-state index contributed by atoms with van der Waals surface area (Å²) in [6.45, 7) is 16.8. The lowest BCUT2D eigenvalue weighted by Crippen LogP contribution is -2.70. The van der Waals surface area contributed by atoms with E-state index in [2.05, 4.69) is 48.5 Å². The average Bonchev–Trinajstić information content (AvgIpc) is 3.31. The summed E-state index contributed by atoms with van der Waals surface area (Å²) >= 11 is 0.732. The minimum absolute atomic E-state index is 0.0156. The summed E-state index contributed by atoms with van der Waals surface area (Å²) in [4.78, 5) is 33.2. The number of carbonyl (C=O) groups excluding carboxylic acids is 2. The molecule has 7 heteroatoms. The molecule has 212 valence electrons. The third-order valence-corrected chi connectivity index (χ3v) is 13.3. The van der Waals surface area contributed by atoms with E-state index in [1.165, 1.54) is 0 Å². The molecule has 9 atom stereocenters. The van der Waals surface area contributed by atoms with Gasteiger partial charge < -0.3 is 5.11 Å². The SMILES string of the molecule is CCC(CC)CN1C[C@@H]2C[C@@]3(C)[C@@H]4C[C@H](C)C5=CC(=O)C=C[C@]5(C)[C@@]4(C)[C@@H](O)C[C@]3(C)[C@]2(C(=O)SCF)O1. The van der Waals surface area contributed by atoms with Crippen LogP contribution >= 0.6 is 11.8 Å². The van der Waals surface area contributed by atoms with E-state index in [1.54, 1.807) is 12.2 Å². The Morgan fingerprint density at radius 1 is 1.24 bits per heavy atom. The number of hydrogen-bond donors (Lipinski definition) is 1. The van der Waals surface area contributed by atoms with E-state index in [0.717, 1.165) is 49.6 Å². The Morgan fingerprint density at radius 2 is 1.92 bits per heavy atom. The highest BCUT2D eigenvalue weighted by atomic mass is 32.2. The van der Waals surface area contributed by atoms with Crippen molar-refractivity contribution in [3.8, 4) is 0 Å². The number of nitrogens with zero attached hydrogens (tertiary/aromatic N) is 1. The van der Waals surface area contributed by atoms with E-state index >= 15 is 0 Å². The van der Waals surface area contributed by atoms with Gasteiger partial charge in [-0.25, -0.2) is 4.39 Å². The number of hydroxylamine groups is 2. The maximum atomic E-state index is 14.0. The third-order valence-electron chi connectivity index (χ3n) is 12.6. The first kappa shape index (κ1) is 28.5. The van der Waals surface area contributed by atoms with Crippen molar-refractivity contribution in [3.05, 3.63) is 23.8 Å². The smallest absolute Gasteiger partial charge is 0.226 e. The van der Waals surface area contributed by atoms with Gasteiger partial charge in [0.1, 0.15) is 6.01 Å². The first-order valence-corrected chi connectivity index (χ1v) is 15.6. The van der Waals surface area contributed by atoms with Gasteiger partial charge in [-0.1, -0.05) is 84.7 Å². The molecule has 0 amide bonds. The first-order valence-electron chi connectivity index (χ1n) is 14.6. The molecule has 5 nitrogen and oxygen atoms in total. The molecular formula is C31H46FNO4S. The number of aliphatic hydroxyl groups is 1. The second kappa shape index (κ2) is 9.25. The lowest BCUT2D eigenvalue weighted by molar-refractivity contribution is -0.281. The van der Waals surface area contributed by atoms with Crippen LogP contribution in [0.25, 0.3) is 0 Å². The first-order chi connectivity index (χ1) is 17.8. The molecule has 4 aliphatic carbocycles. The third kappa shape index (κ3) is 3.34. The highest BCUT2D eigenvalue weighted by Gasteiger charge is 2.81. The molecule has 3 saturated carbocycles. The highest BCUT2D eigenvalue weighted by Crippen LogP contribution is 2.79. The number of alkyl halides is 1. The fraction of sp³-hybridized carbons (Fsp3) is 0.806. The van der Waals surface area contributed by atoms with Gasteiger partial charge in [-0.3, -0.25) is 14.4 Å². The Kier molecular flexibility index (Phi) is 6.94. The van der Waals surface area contributed by atoms with Gasteiger partial charge >= 0.3 is 0 Å². The van der Waals surface area contributed by atoms with Crippen LogP contribution in [-0.4, -0.2) is 51.9 Å². The summed E-state index contributed by atoms with van der Waals surface area (Å²) in [6, 6.07) is -0.776. The molecule has 5 rings (SSSR count). The van der Waals surface area contributed by atoms with Crippen molar-refractivity contribution in [3.63, 3.8) is 0 Å². The summed E-state index contributed by atoms with van der Waals surface area (Å²) in [6.07, 6.45) is 8.91. The topological polar surface area (TPSA) is 66.8 Å². The van der Waals surface area contributed by atoms with Gasteiger partial charge in [0, 0.05) is 35.3 Å². The number of carbonyl (C=O) groups is 2. The van der Waals surface area contributed by atoms with Gasteiger partial charge in [-0.15, -0.1) is 0 Å². The molecule has 0 aromatic heterocycles. The zero-order valence-electron chi connectivity index (χ0n) is 24.2. The van der Waals surface area contributed by atoms with Gasteiger partial charge in [0.15, 0.2) is 11.4 Å². The molecule has 0 aromatic rings. The Hall–Kier alpha value is -1.02. The lowest BCUT2D eigenvalue weighted by Gasteiger charge is -2.70. The van der Waals surface area contributed by atoms with Crippen molar-refractivity contribution in [2.45, 2.75) is 92.3 Å². The minimum atomic E-state index is -1.16. The number of allylic oxidation sites excluding steroid dienone is 4. The van der Waals surface area contributed by atoms with Crippen molar-refractivity contribution in [2.24, 2.45) is 45.3 Å². The fourth-order valence-corrected chi connectivity index (χ4v) is 10.8. The summed E-state index contributed by atoms with van der Waals surface area (Å²) < 4.78 is 13.7. The van der Waals surface area contributed by atoms with Gasteiger partial charge in [0.25, 0.3) is 0 Å². The molecule has 4 fully saturated rings. The maximum Gasteiger partial charge on any atom is 0.226 e. The molecule has 0 radical (unpaired) electrons. The standard InChI is InChI=1S/C31H46FNO4S/c1-8-20(9-2)16-33-17-21-14-28(5)24-12-19(3)23-13-22(34)10-11-27(23,4)30(24,7)25(35)15-29(28,6)31(21,37-33)26(36)38-18-32/h10-11,13,19-21,24-25,35H,8-9,12,14-18H2,1-7H3/t19-,21-,24-,25-,27-,28-,29-,30+,31-/m0/s1. The number of fused-ring (bicyclic) bond motifs is 7. The van der Waals surface area contributed by atoms with Crippen LogP contribution in [0.3, 0.4) is 0 Å². The van der Waals surface area contributed by atoms with Crippen molar-refractivity contribution in [1.82, 2.24) is 5.06 Å². The Balaban J connectivity index is 1.62.